The van der Waals surface area contributed by atoms with Gasteiger partial charge in [0.15, 0.2) is 5.96 Å². The fourth-order valence-corrected chi connectivity index (χ4v) is 1.99. The van der Waals surface area contributed by atoms with Crippen molar-refractivity contribution in [1.82, 2.24) is 16.0 Å². The SMILES string of the molecule is CCNC(=NCC(=O)NCCOC)NCC(C)c1ccccc1. The number of rotatable bonds is 9. The smallest absolute Gasteiger partial charge is 0.241 e. The molecule has 1 amide bonds. The molecule has 128 valence electrons. The Balaban J connectivity index is 2.44. The first-order valence-corrected chi connectivity index (χ1v) is 8.00. The summed E-state index contributed by atoms with van der Waals surface area (Å²) in [6, 6.07) is 10.3. The summed E-state index contributed by atoms with van der Waals surface area (Å²) in [5, 5.41) is 9.17. The fourth-order valence-electron chi connectivity index (χ4n) is 1.99. The second-order valence-corrected chi connectivity index (χ2v) is 5.23. The lowest BCUT2D eigenvalue weighted by atomic mass is 10.0. The molecule has 1 rings (SSSR count). The summed E-state index contributed by atoms with van der Waals surface area (Å²) >= 11 is 0. The number of benzene rings is 1. The monoisotopic (exact) mass is 320 g/mol. The highest BCUT2D eigenvalue weighted by Crippen LogP contribution is 2.12. The lowest BCUT2D eigenvalue weighted by molar-refractivity contribution is -0.119. The Morgan fingerprint density at radius 3 is 2.61 bits per heavy atom. The number of amides is 1. The second kappa shape index (κ2) is 11.5. The minimum Gasteiger partial charge on any atom is -0.383 e. The maximum atomic E-state index is 11.7. The summed E-state index contributed by atoms with van der Waals surface area (Å²) in [5.74, 6) is 0.892. The number of ether oxygens (including phenoxy) is 1. The summed E-state index contributed by atoms with van der Waals surface area (Å²) in [5.41, 5.74) is 1.27. The van der Waals surface area contributed by atoms with E-state index in [9.17, 15) is 4.79 Å². The molecule has 0 bridgehead atoms. The minimum absolute atomic E-state index is 0.0960. The molecule has 1 aromatic carbocycles. The minimum atomic E-state index is -0.115. The van der Waals surface area contributed by atoms with Gasteiger partial charge in [-0.15, -0.1) is 0 Å². The molecule has 0 fully saturated rings. The molecular formula is C17H28N4O2. The number of methoxy groups -OCH3 is 1. The fraction of sp³-hybridized carbons (Fsp3) is 0.529. The van der Waals surface area contributed by atoms with Crippen LogP contribution in [0, 0.1) is 0 Å². The van der Waals surface area contributed by atoms with Gasteiger partial charge in [-0.05, 0) is 18.4 Å². The van der Waals surface area contributed by atoms with Crippen LogP contribution in [0.1, 0.15) is 25.3 Å². The van der Waals surface area contributed by atoms with Crippen molar-refractivity contribution < 1.29 is 9.53 Å². The predicted molar refractivity (Wildman–Crippen MR) is 93.7 cm³/mol. The molecule has 23 heavy (non-hydrogen) atoms. The Morgan fingerprint density at radius 1 is 1.22 bits per heavy atom. The molecule has 0 spiro atoms. The molecule has 1 aromatic rings. The Labute approximate surface area is 138 Å². The van der Waals surface area contributed by atoms with Gasteiger partial charge in [-0.2, -0.15) is 0 Å². The topological polar surface area (TPSA) is 74.8 Å². The highest BCUT2D eigenvalue weighted by atomic mass is 16.5. The van der Waals surface area contributed by atoms with Crippen LogP contribution in [0.5, 0.6) is 0 Å². The van der Waals surface area contributed by atoms with Gasteiger partial charge in [-0.1, -0.05) is 37.3 Å². The molecule has 0 aromatic heterocycles. The average molecular weight is 320 g/mol. The lowest BCUT2D eigenvalue weighted by Crippen LogP contribution is -2.40. The van der Waals surface area contributed by atoms with Gasteiger partial charge >= 0.3 is 0 Å². The molecule has 6 heteroatoms. The maximum absolute atomic E-state index is 11.7. The first-order chi connectivity index (χ1) is 11.2. The van der Waals surface area contributed by atoms with E-state index in [1.165, 1.54) is 5.56 Å². The zero-order chi connectivity index (χ0) is 16.9. The Morgan fingerprint density at radius 2 is 1.96 bits per heavy atom. The molecule has 1 unspecified atom stereocenters. The van der Waals surface area contributed by atoms with Crippen molar-refractivity contribution >= 4 is 11.9 Å². The van der Waals surface area contributed by atoms with Crippen LogP contribution in [-0.2, 0) is 9.53 Å². The number of nitrogens with one attached hydrogen (secondary N) is 3. The maximum Gasteiger partial charge on any atom is 0.241 e. The molecule has 0 saturated carbocycles. The molecule has 0 saturated heterocycles. The molecule has 0 heterocycles. The van der Waals surface area contributed by atoms with E-state index in [0.717, 1.165) is 13.1 Å². The van der Waals surface area contributed by atoms with Crippen molar-refractivity contribution in [1.29, 1.82) is 0 Å². The Bertz CT molecular complexity index is 477. The molecule has 6 nitrogen and oxygen atoms in total. The molecule has 0 aliphatic rings. The normalized spacial score (nSPS) is 12.6. The van der Waals surface area contributed by atoms with E-state index in [-0.39, 0.29) is 12.5 Å². The number of aliphatic imine (C=N–C) groups is 1. The number of nitrogens with zero attached hydrogens (tertiary/aromatic N) is 1. The number of hydrogen-bond donors (Lipinski definition) is 3. The summed E-state index contributed by atoms with van der Waals surface area (Å²) < 4.78 is 4.89. The van der Waals surface area contributed by atoms with Crippen LogP contribution >= 0.6 is 0 Å². The zero-order valence-corrected chi connectivity index (χ0v) is 14.3. The zero-order valence-electron chi connectivity index (χ0n) is 14.3. The van der Waals surface area contributed by atoms with Crippen molar-refractivity contribution in [3.8, 4) is 0 Å². The summed E-state index contributed by atoms with van der Waals surface area (Å²) in [4.78, 5) is 16.0. The molecular weight excluding hydrogens is 292 g/mol. The largest absolute Gasteiger partial charge is 0.383 e. The Hall–Kier alpha value is -2.08. The molecule has 3 N–H and O–H groups in total. The standard InChI is InChI=1S/C17H28N4O2/c1-4-18-17(21-13-16(22)19-10-11-23-3)20-12-14(2)15-8-6-5-7-9-15/h5-9,14H,4,10-13H2,1-3H3,(H,19,22)(H2,18,20,21). The van der Waals surface area contributed by atoms with E-state index in [4.69, 9.17) is 4.74 Å². The van der Waals surface area contributed by atoms with E-state index in [2.05, 4.69) is 40.0 Å². The van der Waals surface area contributed by atoms with Gasteiger partial charge < -0.3 is 20.7 Å². The predicted octanol–water partition coefficient (Wildman–Crippen LogP) is 1.11. The highest BCUT2D eigenvalue weighted by molar-refractivity contribution is 5.84. The van der Waals surface area contributed by atoms with Crippen LogP contribution in [0.2, 0.25) is 0 Å². The second-order valence-electron chi connectivity index (χ2n) is 5.23. The van der Waals surface area contributed by atoms with Crippen molar-refractivity contribution in [2.45, 2.75) is 19.8 Å². The van der Waals surface area contributed by atoms with Gasteiger partial charge in [0.05, 0.1) is 6.61 Å². The third-order valence-electron chi connectivity index (χ3n) is 3.30. The van der Waals surface area contributed by atoms with Crippen LogP contribution in [0.25, 0.3) is 0 Å². The van der Waals surface area contributed by atoms with Crippen molar-refractivity contribution in [3.05, 3.63) is 35.9 Å². The average Bonchev–Trinajstić information content (AvgIpc) is 2.58. The quantitative estimate of drug-likeness (QED) is 0.362. The third-order valence-corrected chi connectivity index (χ3v) is 3.30. The van der Waals surface area contributed by atoms with Gasteiger partial charge in [-0.3, -0.25) is 4.79 Å². The van der Waals surface area contributed by atoms with E-state index >= 15 is 0 Å². The Kier molecular flexibility index (Phi) is 9.47. The number of carbonyl (C=O) groups is 1. The van der Waals surface area contributed by atoms with E-state index < -0.39 is 0 Å². The van der Waals surface area contributed by atoms with Crippen LogP contribution in [-0.4, -0.2) is 51.8 Å². The van der Waals surface area contributed by atoms with Crippen LogP contribution in [0.15, 0.2) is 35.3 Å². The van der Waals surface area contributed by atoms with Crippen LogP contribution < -0.4 is 16.0 Å². The van der Waals surface area contributed by atoms with E-state index in [1.54, 1.807) is 7.11 Å². The molecule has 0 aliphatic heterocycles. The van der Waals surface area contributed by atoms with Crippen LogP contribution in [0.3, 0.4) is 0 Å². The van der Waals surface area contributed by atoms with Crippen molar-refractivity contribution in [2.75, 3.05) is 39.9 Å². The summed E-state index contributed by atoms with van der Waals surface area (Å²) in [6.07, 6.45) is 0. The molecule has 0 aliphatic carbocycles. The van der Waals surface area contributed by atoms with E-state index in [1.807, 2.05) is 25.1 Å². The highest BCUT2D eigenvalue weighted by Gasteiger charge is 2.06. The number of guanidine groups is 1. The lowest BCUT2D eigenvalue weighted by Gasteiger charge is -2.16. The number of carbonyl (C=O) groups excluding carboxylic acids is 1. The summed E-state index contributed by atoms with van der Waals surface area (Å²) in [7, 11) is 1.60. The van der Waals surface area contributed by atoms with Crippen molar-refractivity contribution in [3.63, 3.8) is 0 Å². The van der Waals surface area contributed by atoms with Crippen molar-refractivity contribution in [2.24, 2.45) is 4.99 Å². The van der Waals surface area contributed by atoms with Gasteiger partial charge in [0.1, 0.15) is 6.54 Å². The van der Waals surface area contributed by atoms with Gasteiger partial charge in [0.25, 0.3) is 0 Å². The number of hydrogen-bond acceptors (Lipinski definition) is 3. The van der Waals surface area contributed by atoms with E-state index in [0.29, 0.717) is 25.0 Å². The van der Waals surface area contributed by atoms with Crippen LogP contribution in [0.4, 0.5) is 0 Å². The summed E-state index contributed by atoms with van der Waals surface area (Å²) in [6.45, 7) is 6.75. The van der Waals surface area contributed by atoms with Gasteiger partial charge in [0, 0.05) is 26.7 Å². The third kappa shape index (κ3) is 8.21. The first kappa shape index (κ1) is 19.0. The van der Waals surface area contributed by atoms with Gasteiger partial charge in [0.2, 0.25) is 5.91 Å². The molecule has 0 radical (unpaired) electrons. The first-order valence-electron chi connectivity index (χ1n) is 8.00. The van der Waals surface area contributed by atoms with Gasteiger partial charge in [-0.25, -0.2) is 4.99 Å². The molecule has 1 atom stereocenters.